The molecule has 0 amide bonds. The summed E-state index contributed by atoms with van der Waals surface area (Å²) >= 11 is 0. The Kier molecular flexibility index (Phi) is 7.09. The molecule has 2 aliphatic rings. The van der Waals surface area contributed by atoms with E-state index in [1.54, 1.807) is 0 Å². The molecule has 1 aliphatic heterocycles. The van der Waals surface area contributed by atoms with Gasteiger partial charge >= 0.3 is 0 Å². The van der Waals surface area contributed by atoms with Crippen molar-refractivity contribution in [2.45, 2.75) is 38.9 Å². The number of hydrogen-bond donors (Lipinski definition) is 2. The summed E-state index contributed by atoms with van der Waals surface area (Å²) in [5, 5.41) is 6.87. The molecule has 0 aromatic heterocycles. The molecule has 2 N–H and O–H groups in total. The van der Waals surface area contributed by atoms with E-state index in [1.165, 1.54) is 24.2 Å². The Labute approximate surface area is 158 Å². The molecule has 0 unspecified atom stereocenters. The first kappa shape index (κ1) is 18.9. The van der Waals surface area contributed by atoms with Crippen LogP contribution in [0.5, 0.6) is 0 Å². The predicted molar refractivity (Wildman–Crippen MR) is 109 cm³/mol. The molecule has 0 saturated carbocycles. The van der Waals surface area contributed by atoms with Gasteiger partial charge in [0.05, 0.1) is 6.54 Å². The van der Waals surface area contributed by atoms with E-state index in [1.807, 2.05) is 0 Å². The van der Waals surface area contributed by atoms with Crippen molar-refractivity contribution in [3.63, 3.8) is 0 Å². The Morgan fingerprint density at radius 2 is 1.69 bits per heavy atom. The molecule has 1 aromatic rings. The third-order valence-electron chi connectivity index (χ3n) is 5.14. The van der Waals surface area contributed by atoms with Crippen molar-refractivity contribution in [1.82, 2.24) is 20.4 Å². The molecule has 0 radical (unpaired) electrons. The fraction of sp³-hybridized carbons (Fsp3) is 0.571. The van der Waals surface area contributed by atoms with Gasteiger partial charge in [-0.15, -0.1) is 0 Å². The molecular formula is C21H33N5. The van der Waals surface area contributed by atoms with E-state index in [0.717, 1.165) is 45.0 Å². The van der Waals surface area contributed by atoms with Gasteiger partial charge in [-0.2, -0.15) is 0 Å². The summed E-state index contributed by atoms with van der Waals surface area (Å²) < 4.78 is 0. The number of aliphatic imine (C=N–C) groups is 1. The smallest absolute Gasteiger partial charge is 0.191 e. The highest BCUT2D eigenvalue weighted by atomic mass is 15.2. The van der Waals surface area contributed by atoms with Crippen LogP contribution in [0, 0.1) is 0 Å². The van der Waals surface area contributed by atoms with E-state index in [2.05, 4.69) is 70.8 Å². The quantitative estimate of drug-likeness (QED) is 0.466. The highest BCUT2D eigenvalue weighted by Gasteiger charge is 2.14. The molecular weight excluding hydrogens is 322 g/mol. The zero-order valence-corrected chi connectivity index (χ0v) is 16.2. The predicted octanol–water partition coefficient (Wildman–Crippen LogP) is 2.21. The molecule has 0 atom stereocenters. The van der Waals surface area contributed by atoms with Crippen molar-refractivity contribution in [2.75, 3.05) is 39.8 Å². The lowest BCUT2D eigenvalue weighted by atomic mass is 10.1. The summed E-state index contributed by atoms with van der Waals surface area (Å²) in [6.07, 6.45) is 6.65. The van der Waals surface area contributed by atoms with Crippen molar-refractivity contribution in [2.24, 2.45) is 4.99 Å². The third-order valence-corrected chi connectivity index (χ3v) is 5.14. The van der Waals surface area contributed by atoms with Crippen LogP contribution < -0.4 is 10.6 Å². The van der Waals surface area contributed by atoms with E-state index >= 15 is 0 Å². The molecule has 1 fully saturated rings. The average molecular weight is 356 g/mol. The van der Waals surface area contributed by atoms with Crippen LogP contribution in [0.3, 0.4) is 0 Å². The molecule has 142 valence electrons. The summed E-state index contributed by atoms with van der Waals surface area (Å²) in [7, 11) is 2.20. The van der Waals surface area contributed by atoms with Crippen molar-refractivity contribution in [1.29, 1.82) is 0 Å². The Bertz CT molecular complexity index is 591. The second kappa shape index (κ2) is 9.74. The third kappa shape index (κ3) is 5.85. The minimum Gasteiger partial charge on any atom is -0.357 e. The maximum absolute atomic E-state index is 4.75. The number of nitrogens with zero attached hydrogens (tertiary/aromatic N) is 3. The number of guanidine groups is 1. The Balaban J connectivity index is 1.50. The summed E-state index contributed by atoms with van der Waals surface area (Å²) in [6.45, 7) is 9.42. The summed E-state index contributed by atoms with van der Waals surface area (Å²) in [4.78, 5) is 9.69. The maximum Gasteiger partial charge on any atom is 0.191 e. The van der Waals surface area contributed by atoms with Gasteiger partial charge in [-0.1, -0.05) is 36.4 Å². The van der Waals surface area contributed by atoms with Gasteiger partial charge in [0, 0.05) is 45.3 Å². The van der Waals surface area contributed by atoms with Gasteiger partial charge in [0.15, 0.2) is 5.96 Å². The second-order valence-corrected chi connectivity index (χ2v) is 7.38. The van der Waals surface area contributed by atoms with Crippen LogP contribution in [-0.2, 0) is 13.1 Å². The fourth-order valence-electron chi connectivity index (χ4n) is 3.43. The molecule has 3 rings (SSSR count). The van der Waals surface area contributed by atoms with Gasteiger partial charge in [0.25, 0.3) is 0 Å². The van der Waals surface area contributed by atoms with Crippen molar-refractivity contribution in [3.05, 3.63) is 47.5 Å². The minimum atomic E-state index is 0.485. The lowest BCUT2D eigenvalue weighted by Gasteiger charge is -2.32. The normalized spacial score (nSPS) is 19.8. The van der Waals surface area contributed by atoms with Crippen LogP contribution in [0.1, 0.15) is 30.9 Å². The number of rotatable bonds is 6. The number of likely N-dealkylation sites (N-methyl/N-ethyl adjacent to an activating group) is 1. The molecule has 1 aromatic carbocycles. The first-order chi connectivity index (χ1) is 12.7. The van der Waals surface area contributed by atoms with E-state index in [0.29, 0.717) is 12.6 Å². The molecule has 5 heteroatoms. The summed E-state index contributed by atoms with van der Waals surface area (Å²) in [5.74, 6) is 0.919. The van der Waals surface area contributed by atoms with Gasteiger partial charge in [0.1, 0.15) is 0 Å². The first-order valence-electron chi connectivity index (χ1n) is 9.91. The average Bonchev–Trinajstić information content (AvgIpc) is 3.16. The van der Waals surface area contributed by atoms with Gasteiger partial charge < -0.3 is 15.5 Å². The lowest BCUT2D eigenvalue weighted by Crippen LogP contribution is -2.43. The number of hydrogen-bond acceptors (Lipinski definition) is 3. The van der Waals surface area contributed by atoms with E-state index in [-0.39, 0.29) is 0 Å². The lowest BCUT2D eigenvalue weighted by molar-refractivity contribution is 0.148. The van der Waals surface area contributed by atoms with Gasteiger partial charge in [-0.3, -0.25) is 4.90 Å². The molecule has 0 spiro atoms. The van der Waals surface area contributed by atoms with Crippen LogP contribution in [0.2, 0.25) is 0 Å². The number of piperazine rings is 1. The standard InChI is InChI=1S/C21H33N5/c1-3-22-21(24-20-6-4-5-7-20)23-16-18-8-10-19(11-9-18)17-26-14-12-25(2)13-15-26/h4-5,8-11,20H,3,6-7,12-17H2,1-2H3,(H2,22,23,24). The van der Waals surface area contributed by atoms with E-state index in [9.17, 15) is 0 Å². The highest BCUT2D eigenvalue weighted by molar-refractivity contribution is 5.80. The SMILES string of the molecule is CCNC(=NCc1ccc(CN2CCN(C)CC2)cc1)NC1CC=CC1. The van der Waals surface area contributed by atoms with Gasteiger partial charge in [0.2, 0.25) is 0 Å². The minimum absolute atomic E-state index is 0.485. The van der Waals surface area contributed by atoms with E-state index < -0.39 is 0 Å². The van der Waals surface area contributed by atoms with E-state index in [4.69, 9.17) is 4.99 Å². The summed E-state index contributed by atoms with van der Waals surface area (Å²) in [6, 6.07) is 9.43. The Morgan fingerprint density at radius 1 is 1.04 bits per heavy atom. The van der Waals surface area contributed by atoms with Crippen molar-refractivity contribution < 1.29 is 0 Å². The highest BCUT2D eigenvalue weighted by Crippen LogP contribution is 2.11. The molecule has 1 heterocycles. The maximum atomic E-state index is 4.75. The van der Waals surface area contributed by atoms with Crippen LogP contribution in [-0.4, -0.2) is 61.6 Å². The summed E-state index contributed by atoms with van der Waals surface area (Å²) in [5.41, 5.74) is 2.65. The molecule has 1 saturated heterocycles. The molecule has 5 nitrogen and oxygen atoms in total. The van der Waals surface area contributed by atoms with Crippen molar-refractivity contribution >= 4 is 5.96 Å². The molecule has 26 heavy (non-hydrogen) atoms. The zero-order chi connectivity index (χ0) is 18.2. The van der Waals surface area contributed by atoms with Crippen molar-refractivity contribution in [3.8, 4) is 0 Å². The zero-order valence-electron chi connectivity index (χ0n) is 16.2. The van der Waals surface area contributed by atoms with Crippen LogP contribution in [0.4, 0.5) is 0 Å². The largest absolute Gasteiger partial charge is 0.357 e. The van der Waals surface area contributed by atoms with Crippen LogP contribution >= 0.6 is 0 Å². The van der Waals surface area contributed by atoms with Crippen LogP contribution in [0.15, 0.2) is 41.4 Å². The second-order valence-electron chi connectivity index (χ2n) is 7.38. The Morgan fingerprint density at radius 3 is 2.35 bits per heavy atom. The first-order valence-corrected chi connectivity index (χ1v) is 9.91. The number of nitrogens with one attached hydrogen (secondary N) is 2. The topological polar surface area (TPSA) is 42.9 Å². The fourth-order valence-corrected chi connectivity index (χ4v) is 3.43. The van der Waals surface area contributed by atoms with Gasteiger partial charge in [-0.25, -0.2) is 4.99 Å². The monoisotopic (exact) mass is 355 g/mol. The molecule has 1 aliphatic carbocycles. The molecule has 0 bridgehead atoms. The van der Waals surface area contributed by atoms with Crippen LogP contribution in [0.25, 0.3) is 0 Å². The van der Waals surface area contributed by atoms with Gasteiger partial charge in [-0.05, 0) is 37.9 Å². The number of benzene rings is 1. The Hall–Kier alpha value is -1.85.